The highest BCUT2D eigenvalue weighted by atomic mass is 79.9. The highest BCUT2D eigenvalue weighted by Gasteiger charge is 2.05. The van der Waals surface area contributed by atoms with E-state index in [2.05, 4.69) is 21.2 Å². The lowest BCUT2D eigenvalue weighted by Crippen LogP contribution is -2.01. The molecule has 1 N–H and O–H groups in total. The monoisotopic (exact) mass is 313 g/mol. The summed E-state index contributed by atoms with van der Waals surface area (Å²) in [6, 6.07) is 12.4. The summed E-state index contributed by atoms with van der Waals surface area (Å²) in [4.78, 5) is 0. The Morgan fingerprint density at radius 2 is 1.94 bits per heavy atom. The van der Waals surface area contributed by atoms with Crippen molar-refractivity contribution >= 4 is 33.2 Å². The topological polar surface area (TPSA) is 12.0 Å². The highest BCUT2D eigenvalue weighted by molar-refractivity contribution is 9.10. The van der Waals surface area contributed by atoms with E-state index in [1.165, 1.54) is 6.07 Å². The predicted molar refractivity (Wildman–Crippen MR) is 72.9 cm³/mol. The number of hydrogen-bond donors (Lipinski definition) is 1. The van der Waals surface area contributed by atoms with Crippen molar-refractivity contribution in [3.8, 4) is 0 Å². The molecule has 4 heteroatoms. The molecule has 0 saturated carbocycles. The van der Waals surface area contributed by atoms with E-state index in [0.717, 1.165) is 10.0 Å². The van der Waals surface area contributed by atoms with Crippen LogP contribution in [0.2, 0.25) is 5.02 Å². The van der Waals surface area contributed by atoms with Crippen molar-refractivity contribution in [2.75, 3.05) is 5.32 Å². The quantitative estimate of drug-likeness (QED) is 0.853. The van der Waals surface area contributed by atoms with Crippen molar-refractivity contribution in [3.63, 3.8) is 0 Å². The maximum atomic E-state index is 13.5. The Hall–Kier alpha value is -1.06. The molecule has 0 radical (unpaired) electrons. The minimum absolute atomic E-state index is 0.340. The summed E-state index contributed by atoms with van der Waals surface area (Å²) in [6.07, 6.45) is 0. The molecule has 2 rings (SSSR count). The van der Waals surface area contributed by atoms with Gasteiger partial charge in [-0.1, -0.05) is 45.7 Å². The summed E-state index contributed by atoms with van der Waals surface area (Å²) in [5, 5.41) is 3.39. The second-order valence-electron chi connectivity index (χ2n) is 3.58. The number of hydrogen-bond acceptors (Lipinski definition) is 1. The average Bonchev–Trinajstić information content (AvgIpc) is 2.28. The first-order chi connectivity index (χ1) is 8.16. The van der Waals surface area contributed by atoms with Gasteiger partial charge in [-0.2, -0.15) is 0 Å². The summed E-state index contributed by atoms with van der Waals surface area (Å²) in [5.74, 6) is -0.340. The fourth-order valence-electron chi connectivity index (χ4n) is 1.50. The largest absolute Gasteiger partial charge is 0.377 e. The van der Waals surface area contributed by atoms with Crippen LogP contribution in [0.4, 0.5) is 10.1 Å². The molecule has 0 amide bonds. The molecule has 0 unspecified atom stereocenters. The fraction of sp³-hybridized carbons (Fsp3) is 0.0769. The maximum Gasteiger partial charge on any atom is 0.147 e. The molecule has 0 atom stereocenters. The molecule has 2 aromatic rings. The standard InChI is InChI=1S/C13H10BrClFN/c14-10-4-1-3-9(7-10)8-17-13-11(15)5-2-6-12(13)16/h1-7,17H,8H2. The Morgan fingerprint density at radius 3 is 2.65 bits per heavy atom. The SMILES string of the molecule is Fc1cccc(Cl)c1NCc1cccc(Br)c1. The van der Waals surface area contributed by atoms with Crippen LogP contribution in [0, 0.1) is 5.82 Å². The third-order valence-corrected chi connectivity index (χ3v) is 3.13. The van der Waals surface area contributed by atoms with Gasteiger partial charge in [-0.05, 0) is 29.8 Å². The molecule has 0 aromatic heterocycles. The minimum atomic E-state index is -0.340. The Kier molecular flexibility index (Phi) is 4.02. The molecule has 0 aliphatic heterocycles. The van der Waals surface area contributed by atoms with Crippen LogP contribution < -0.4 is 5.32 Å². The minimum Gasteiger partial charge on any atom is -0.377 e. The van der Waals surface area contributed by atoms with Crippen LogP contribution in [0.25, 0.3) is 0 Å². The van der Waals surface area contributed by atoms with E-state index in [9.17, 15) is 4.39 Å². The Balaban J connectivity index is 2.13. The van der Waals surface area contributed by atoms with Gasteiger partial charge >= 0.3 is 0 Å². The molecular weight excluding hydrogens is 305 g/mol. The molecule has 0 aliphatic rings. The lowest BCUT2D eigenvalue weighted by molar-refractivity contribution is 0.630. The first-order valence-corrected chi connectivity index (χ1v) is 6.26. The average molecular weight is 315 g/mol. The van der Waals surface area contributed by atoms with Crippen LogP contribution in [-0.4, -0.2) is 0 Å². The number of para-hydroxylation sites is 1. The van der Waals surface area contributed by atoms with Gasteiger partial charge in [-0.3, -0.25) is 0 Å². The van der Waals surface area contributed by atoms with Crippen molar-refractivity contribution in [1.82, 2.24) is 0 Å². The van der Waals surface area contributed by atoms with Gasteiger partial charge in [0.2, 0.25) is 0 Å². The smallest absolute Gasteiger partial charge is 0.147 e. The number of halogens is 3. The Labute approximate surface area is 113 Å². The van der Waals surface area contributed by atoms with Crippen molar-refractivity contribution in [2.24, 2.45) is 0 Å². The van der Waals surface area contributed by atoms with Gasteiger partial charge < -0.3 is 5.32 Å². The van der Waals surface area contributed by atoms with Crippen LogP contribution in [0.5, 0.6) is 0 Å². The van der Waals surface area contributed by atoms with Gasteiger partial charge in [-0.15, -0.1) is 0 Å². The third-order valence-electron chi connectivity index (χ3n) is 2.32. The van der Waals surface area contributed by atoms with Crippen molar-refractivity contribution in [1.29, 1.82) is 0 Å². The van der Waals surface area contributed by atoms with Gasteiger partial charge in [0.25, 0.3) is 0 Å². The molecule has 0 spiro atoms. The summed E-state index contributed by atoms with van der Waals surface area (Å²) in [6.45, 7) is 0.528. The zero-order valence-corrected chi connectivity index (χ0v) is 11.2. The maximum absolute atomic E-state index is 13.5. The first kappa shape index (κ1) is 12.4. The van der Waals surface area contributed by atoms with E-state index in [0.29, 0.717) is 17.3 Å². The van der Waals surface area contributed by atoms with Gasteiger partial charge in [0.15, 0.2) is 0 Å². The van der Waals surface area contributed by atoms with E-state index < -0.39 is 0 Å². The zero-order chi connectivity index (χ0) is 12.3. The van der Waals surface area contributed by atoms with E-state index in [1.54, 1.807) is 12.1 Å². The lowest BCUT2D eigenvalue weighted by atomic mass is 10.2. The van der Waals surface area contributed by atoms with Crippen molar-refractivity contribution in [3.05, 3.63) is 63.3 Å². The van der Waals surface area contributed by atoms with Gasteiger partial charge in [0.05, 0.1) is 10.7 Å². The lowest BCUT2D eigenvalue weighted by Gasteiger charge is -2.09. The van der Waals surface area contributed by atoms with Crippen LogP contribution >= 0.6 is 27.5 Å². The van der Waals surface area contributed by atoms with E-state index in [-0.39, 0.29) is 5.82 Å². The van der Waals surface area contributed by atoms with Gasteiger partial charge in [0.1, 0.15) is 5.82 Å². The molecule has 0 saturated heterocycles. The second-order valence-corrected chi connectivity index (χ2v) is 4.90. The van der Waals surface area contributed by atoms with Crippen LogP contribution in [-0.2, 0) is 6.54 Å². The van der Waals surface area contributed by atoms with E-state index in [1.807, 2.05) is 24.3 Å². The van der Waals surface area contributed by atoms with Gasteiger partial charge in [-0.25, -0.2) is 4.39 Å². The third kappa shape index (κ3) is 3.20. The van der Waals surface area contributed by atoms with E-state index >= 15 is 0 Å². The predicted octanol–water partition coefficient (Wildman–Crippen LogP) is 4.85. The highest BCUT2D eigenvalue weighted by Crippen LogP contribution is 2.25. The van der Waals surface area contributed by atoms with Crippen molar-refractivity contribution in [2.45, 2.75) is 6.54 Å². The molecule has 17 heavy (non-hydrogen) atoms. The van der Waals surface area contributed by atoms with Crippen LogP contribution in [0.15, 0.2) is 46.9 Å². The zero-order valence-electron chi connectivity index (χ0n) is 8.88. The summed E-state index contributed by atoms with van der Waals surface area (Å²) < 4.78 is 14.5. The molecule has 0 bridgehead atoms. The second kappa shape index (κ2) is 5.52. The van der Waals surface area contributed by atoms with E-state index in [4.69, 9.17) is 11.6 Å². The molecule has 0 aliphatic carbocycles. The molecule has 1 nitrogen and oxygen atoms in total. The normalized spacial score (nSPS) is 10.3. The summed E-state index contributed by atoms with van der Waals surface area (Å²) in [5.41, 5.74) is 1.40. The first-order valence-electron chi connectivity index (χ1n) is 5.09. The van der Waals surface area contributed by atoms with Crippen LogP contribution in [0.3, 0.4) is 0 Å². The molecular formula is C13H10BrClFN. The number of rotatable bonds is 3. The van der Waals surface area contributed by atoms with Gasteiger partial charge in [0, 0.05) is 11.0 Å². The summed E-state index contributed by atoms with van der Waals surface area (Å²) >= 11 is 9.30. The number of benzene rings is 2. The number of nitrogens with one attached hydrogen (secondary N) is 1. The molecule has 0 fully saturated rings. The van der Waals surface area contributed by atoms with Crippen molar-refractivity contribution < 1.29 is 4.39 Å². The fourth-order valence-corrected chi connectivity index (χ4v) is 2.18. The Morgan fingerprint density at radius 1 is 1.18 bits per heavy atom. The Bertz CT molecular complexity index is 510. The molecule has 88 valence electrons. The molecule has 2 aromatic carbocycles. The molecule has 0 heterocycles. The number of anilines is 1. The van der Waals surface area contributed by atoms with Crippen LogP contribution in [0.1, 0.15) is 5.56 Å². The summed E-state index contributed by atoms with van der Waals surface area (Å²) in [7, 11) is 0.